The van der Waals surface area contributed by atoms with E-state index >= 15 is 0 Å². The van der Waals surface area contributed by atoms with Gasteiger partial charge in [0.25, 0.3) is 0 Å². The molecule has 70 valence electrons. The average molecular weight is 187 g/mol. The van der Waals surface area contributed by atoms with Crippen molar-refractivity contribution in [2.45, 2.75) is 12.4 Å². The van der Waals surface area contributed by atoms with E-state index in [-0.39, 0.29) is 0 Å². The van der Waals surface area contributed by atoms with Gasteiger partial charge in [-0.25, -0.2) is 0 Å². The van der Waals surface area contributed by atoms with Crippen molar-refractivity contribution in [3.8, 4) is 0 Å². The Kier molecular flexibility index (Phi) is 2.38. The first-order chi connectivity index (χ1) is 7.29. The summed E-state index contributed by atoms with van der Waals surface area (Å²) in [6.07, 6.45) is 8.60. The number of aromatic nitrogens is 1. The van der Waals surface area contributed by atoms with E-state index in [0.717, 1.165) is 0 Å². The highest BCUT2D eigenvalue weighted by molar-refractivity contribution is 5.61. The van der Waals surface area contributed by atoms with Crippen LogP contribution in [0.15, 0.2) is 52.0 Å². The van der Waals surface area contributed by atoms with E-state index in [1.165, 1.54) is 0 Å². The van der Waals surface area contributed by atoms with Crippen molar-refractivity contribution < 1.29 is 1.37 Å². The van der Waals surface area contributed by atoms with Crippen molar-refractivity contribution in [3.63, 3.8) is 0 Å². The standard InChI is InChI=1S/C10H10N4/c1-5-11-6-2-9(1)13-14-10-3-7-12-8-4-10/h1-3,5-8,10H,4H2/i10D. The molecule has 1 atom stereocenters. The van der Waals surface area contributed by atoms with Crippen molar-refractivity contribution in [1.29, 1.82) is 0 Å². The quantitative estimate of drug-likeness (QED) is 0.656. The SMILES string of the molecule is [2H]C1(N=Nc2ccncc2)C=CN=CC1. The number of aliphatic imine (C=N–C) groups is 1. The molecule has 1 aromatic rings. The molecule has 0 bridgehead atoms. The molecule has 14 heavy (non-hydrogen) atoms. The van der Waals surface area contributed by atoms with E-state index < -0.39 is 6.02 Å². The molecule has 0 radical (unpaired) electrons. The Hall–Kier alpha value is -1.84. The van der Waals surface area contributed by atoms with Crippen LogP contribution < -0.4 is 0 Å². The number of azo groups is 1. The molecule has 0 aromatic carbocycles. The van der Waals surface area contributed by atoms with Crippen molar-refractivity contribution >= 4 is 11.9 Å². The molecule has 4 nitrogen and oxygen atoms in total. The normalized spacial score (nSPS) is 26.7. The second kappa shape index (κ2) is 4.41. The van der Waals surface area contributed by atoms with Gasteiger partial charge in [0, 0.05) is 31.2 Å². The van der Waals surface area contributed by atoms with E-state index in [2.05, 4.69) is 20.2 Å². The van der Waals surface area contributed by atoms with Crippen molar-refractivity contribution in [3.05, 3.63) is 36.8 Å². The van der Waals surface area contributed by atoms with E-state index in [1.54, 1.807) is 43.0 Å². The molecule has 0 spiro atoms. The van der Waals surface area contributed by atoms with Crippen LogP contribution in [0.4, 0.5) is 5.69 Å². The van der Waals surface area contributed by atoms with Gasteiger partial charge in [-0.05, 0) is 18.2 Å². The van der Waals surface area contributed by atoms with Gasteiger partial charge in [0.2, 0.25) is 0 Å². The van der Waals surface area contributed by atoms with Crippen LogP contribution in [0.5, 0.6) is 0 Å². The smallest absolute Gasteiger partial charge is 0.0960 e. The van der Waals surface area contributed by atoms with Gasteiger partial charge >= 0.3 is 0 Å². The molecule has 1 aliphatic rings. The Bertz CT molecular complexity index is 413. The summed E-state index contributed by atoms with van der Waals surface area (Å²) < 4.78 is 7.92. The number of pyridine rings is 1. The molecule has 1 unspecified atom stereocenters. The highest BCUT2D eigenvalue weighted by Gasteiger charge is 2.02. The molecule has 4 heteroatoms. The molecule has 0 saturated heterocycles. The first kappa shape index (κ1) is 7.55. The maximum atomic E-state index is 7.92. The largest absolute Gasteiger partial charge is 0.269 e. The molecule has 0 N–H and O–H groups in total. The molecule has 0 aliphatic carbocycles. The lowest BCUT2D eigenvalue weighted by Gasteiger charge is -2.03. The minimum atomic E-state index is -1.01. The average Bonchev–Trinajstić information content (AvgIpc) is 2.29. The van der Waals surface area contributed by atoms with Crippen LogP contribution in [-0.2, 0) is 0 Å². The Morgan fingerprint density at radius 3 is 3.00 bits per heavy atom. The van der Waals surface area contributed by atoms with Crippen molar-refractivity contribution in [1.82, 2.24) is 4.98 Å². The highest BCUT2D eigenvalue weighted by atomic mass is 15.1. The summed E-state index contributed by atoms with van der Waals surface area (Å²) in [6, 6.07) is 2.48. The van der Waals surface area contributed by atoms with Gasteiger partial charge in [-0.2, -0.15) is 10.2 Å². The fourth-order valence-electron chi connectivity index (χ4n) is 1.01. The maximum Gasteiger partial charge on any atom is 0.0960 e. The van der Waals surface area contributed by atoms with E-state index in [0.29, 0.717) is 12.1 Å². The molecular formula is C10H10N4. The van der Waals surface area contributed by atoms with Crippen LogP contribution in [0.2, 0.25) is 0 Å². The Morgan fingerprint density at radius 1 is 1.43 bits per heavy atom. The third-order valence-corrected chi connectivity index (χ3v) is 1.72. The summed E-state index contributed by atoms with van der Waals surface area (Å²) in [5, 5.41) is 7.96. The zero-order valence-electron chi connectivity index (χ0n) is 8.54. The van der Waals surface area contributed by atoms with E-state index in [4.69, 9.17) is 1.37 Å². The molecule has 0 saturated carbocycles. The molecule has 2 rings (SSSR count). The van der Waals surface area contributed by atoms with Gasteiger partial charge in [0.1, 0.15) is 0 Å². The van der Waals surface area contributed by atoms with Gasteiger partial charge in [0.15, 0.2) is 0 Å². The number of nitrogens with zero attached hydrogens (tertiary/aromatic N) is 4. The topological polar surface area (TPSA) is 50.0 Å². The lowest BCUT2D eigenvalue weighted by Crippen LogP contribution is -2.02. The maximum absolute atomic E-state index is 7.92. The predicted molar refractivity (Wildman–Crippen MR) is 54.8 cm³/mol. The van der Waals surface area contributed by atoms with Crippen LogP contribution in [0, 0.1) is 0 Å². The first-order valence-corrected chi connectivity index (χ1v) is 4.31. The Balaban J connectivity index is 2.12. The van der Waals surface area contributed by atoms with Crippen LogP contribution >= 0.6 is 0 Å². The van der Waals surface area contributed by atoms with Crippen LogP contribution in [0.3, 0.4) is 0 Å². The summed E-state index contributed by atoms with van der Waals surface area (Å²) in [7, 11) is 0. The van der Waals surface area contributed by atoms with E-state index in [9.17, 15) is 0 Å². The molecule has 0 fully saturated rings. The van der Waals surface area contributed by atoms with Crippen LogP contribution in [-0.4, -0.2) is 17.2 Å². The lowest BCUT2D eigenvalue weighted by molar-refractivity contribution is 0.799. The zero-order valence-corrected chi connectivity index (χ0v) is 7.54. The molecule has 1 aromatic heterocycles. The van der Waals surface area contributed by atoms with Crippen molar-refractivity contribution in [2.75, 3.05) is 0 Å². The summed E-state index contributed by atoms with van der Waals surface area (Å²) in [5.41, 5.74) is 0.701. The van der Waals surface area contributed by atoms with Crippen LogP contribution in [0.1, 0.15) is 7.79 Å². The van der Waals surface area contributed by atoms with Crippen molar-refractivity contribution in [2.24, 2.45) is 15.2 Å². The van der Waals surface area contributed by atoms with E-state index in [1.807, 2.05) is 0 Å². The van der Waals surface area contributed by atoms with Gasteiger partial charge in [-0.1, -0.05) is 0 Å². The second-order valence-corrected chi connectivity index (χ2v) is 2.75. The summed E-state index contributed by atoms with van der Waals surface area (Å²) in [4.78, 5) is 7.76. The summed E-state index contributed by atoms with van der Waals surface area (Å²) in [6.45, 7) is 0. The minimum Gasteiger partial charge on any atom is -0.269 e. The third-order valence-electron chi connectivity index (χ3n) is 1.72. The number of rotatable bonds is 2. The summed E-state index contributed by atoms with van der Waals surface area (Å²) >= 11 is 0. The van der Waals surface area contributed by atoms with Gasteiger partial charge in [-0.15, -0.1) is 0 Å². The molecule has 1 aliphatic heterocycles. The fourth-order valence-corrected chi connectivity index (χ4v) is 1.01. The molecule has 0 amide bonds. The van der Waals surface area contributed by atoms with Gasteiger partial charge < -0.3 is 0 Å². The Labute approximate surface area is 83.5 Å². The fraction of sp³-hybridized carbons (Fsp3) is 0.200. The number of hydrogen-bond donors (Lipinski definition) is 0. The first-order valence-electron chi connectivity index (χ1n) is 4.81. The minimum absolute atomic E-state index is 0.456. The molecule has 2 heterocycles. The van der Waals surface area contributed by atoms with Gasteiger partial charge in [0.05, 0.1) is 13.1 Å². The highest BCUT2D eigenvalue weighted by Crippen LogP contribution is 2.12. The number of hydrogen-bond acceptors (Lipinski definition) is 4. The second-order valence-electron chi connectivity index (χ2n) is 2.75. The van der Waals surface area contributed by atoms with Crippen LogP contribution in [0.25, 0.3) is 0 Å². The third kappa shape index (κ3) is 2.32. The lowest BCUT2D eigenvalue weighted by atomic mass is 10.2. The summed E-state index contributed by atoms with van der Waals surface area (Å²) in [5.74, 6) is 0. The zero-order chi connectivity index (χ0) is 10.6. The monoisotopic (exact) mass is 187 g/mol. The predicted octanol–water partition coefficient (Wildman–Crippen LogP) is 2.52. The van der Waals surface area contributed by atoms with Gasteiger partial charge in [-0.3, -0.25) is 9.98 Å². The Morgan fingerprint density at radius 2 is 2.29 bits per heavy atom. The molecular weight excluding hydrogens is 176 g/mol.